The van der Waals surface area contributed by atoms with Crippen molar-refractivity contribution in [1.29, 1.82) is 0 Å². The zero-order valence-corrected chi connectivity index (χ0v) is 62.2. The highest BCUT2D eigenvalue weighted by Crippen LogP contribution is 2.43. The van der Waals surface area contributed by atoms with E-state index < -0.39 is 24.5 Å². The smallest absolute Gasteiger partial charge is 0.346 e. The van der Waals surface area contributed by atoms with Crippen LogP contribution in [-0.2, 0) is 42.8 Å². The maximum absolute atomic E-state index is 12.4. The summed E-state index contributed by atoms with van der Waals surface area (Å²) < 4.78 is 46.9. The van der Waals surface area contributed by atoms with Crippen molar-refractivity contribution < 1.29 is 92.8 Å². The van der Waals surface area contributed by atoms with Crippen LogP contribution in [0.2, 0.25) is 0 Å². The monoisotopic (exact) mass is 1460 g/mol. The molecule has 0 radical (unpaired) electrons. The molecule has 0 atom stereocenters. The molecule has 0 saturated heterocycles. The van der Waals surface area contributed by atoms with Crippen LogP contribution in [0, 0.1) is 83.1 Å². The summed E-state index contributed by atoms with van der Waals surface area (Å²) in [6, 6.07) is 46.2. The lowest BCUT2D eigenvalue weighted by molar-refractivity contribution is -0.166. The Morgan fingerprint density at radius 2 is 0.490 bits per heavy atom. The zero-order chi connectivity index (χ0) is 75.9. The maximum atomic E-state index is 12.4. The van der Waals surface area contributed by atoms with Gasteiger partial charge >= 0.3 is 17.9 Å². The molecule has 0 amide bonds. The Balaban J connectivity index is 0.000000326. The lowest BCUT2D eigenvalue weighted by atomic mass is 9.82. The summed E-state index contributed by atoms with van der Waals surface area (Å²) in [5.41, 5.74) is 18.2. The molecule has 19 nitrogen and oxygen atoms in total. The predicted octanol–water partition coefficient (Wildman–Crippen LogP) is 16.2. The first-order valence-electron chi connectivity index (χ1n) is 33.5. The van der Waals surface area contributed by atoms with Crippen molar-refractivity contribution in [3.8, 4) is 51.7 Å². The van der Waals surface area contributed by atoms with Gasteiger partial charge in [0, 0.05) is 17.8 Å². The quantitative estimate of drug-likeness (QED) is 0.00724. The Bertz CT molecular complexity index is 3880. The summed E-state index contributed by atoms with van der Waals surface area (Å²) in [5.74, 6) is 0.214. The molecular formula is C83H92Cl2O19. The fourth-order valence-corrected chi connectivity index (χ4v) is 12.3. The van der Waals surface area contributed by atoms with E-state index in [9.17, 15) is 45.0 Å². The normalized spacial score (nSPS) is 11.0. The van der Waals surface area contributed by atoms with Gasteiger partial charge in [0.1, 0.15) is 63.9 Å². The van der Waals surface area contributed by atoms with Crippen molar-refractivity contribution in [2.24, 2.45) is 0 Å². The van der Waals surface area contributed by atoms with Crippen LogP contribution < -0.4 is 14.2 Å². The van der Waals surface area contributed by atoms with Crippen LogP contribution in [0.5, 0.6) is 51.7 Å². The number of esters is 2. The van der Waals surface area contributed by atoms with Gasteiger partial charge in [-0.05, 0) is 236 Å². The Kier molecular flexibility index (Phi) is 30.5. The van der Waals surface area contributed by atoms with E-state index in [0.717, 1.165) is 117 Å². The molecule has 0 aromatic heterocycles. The van der Waals surface area contributed by atoms with E-state index >= 15 is 0 Å². The number of carbonyl (C=O) groups is 3. The van der Waals surface area contributed by atoms with Crippen molar-refractivity contribution in [2.75, 3.05) is 72.0 Å². The molecule has 0 aliphatic heterocycles. The van der Waals surface area contributed by atoms with Crippen molar-refractivity contribution >= 4 is 41.1 Å². The van der Waals surface area contributed by atoms with Gasteiger partial charge in [0.25, 0.3) is 0 Å². The number of carboxylic acids is 1. The van der Waals surface area contributed by atoms with E-state index in [4.69, 9.17) is 70.9 Å². The first-order chi connectivity index (χ1) is 49.6. The number of halogens is 2. The van der Waals surface area contributed by atoms with Crippen LogP contribution in [0.1, 0.15) is 135 Å². The molecule has 0 aliphatic carbocycles. The van der Waals surface area contributed by atoms with E-state index in [-0.39, 0.29) is 104 Å². The topological polar surface area (TPSA) is 276 Å². The molecule has 7 N–H and O–H groups in total. The molecule has 0 aliphatic rings. The van der Waals surface area contributed by atoms with Crippen molar-refractivity contribution in [3.63, 3.8) is 0 Å². The van der Waals surface area contributed by atoms with E-state index in [1.165, 1.54) is 0 Å². The number of hydrogen-bond acceptors (Lipinski definition) is 18. The molecule has 9 aromatic rings. The number of alkyl halides is 2. The largest absolute Gasteiger partial charge is 0.507 e. The van der Waals surface area contributed by atoms with E-state index in [1.54, 1.807) is 36.4 Å². The summed E-state index contributed by atoms with van der Waals surface area (Å²) in [7, 11) is 0. The van der Waals surface area contributed by atoms with Gasteiger partial charge in [0.2, 0.25) is 0 Å². The fraction of sp³-hybridized carbons (Fsp3) is 0.313. The highest BCUT2D eigenvalue weighted by Gasteiger charge is 2.25. The van der Waals surface area contributed by atoms with Crippen molar-refractivity contribution in [1.82, 2.24) is 0 Å². The van der Waals surface area contributed by atoms with Gasteiger partial charge in [-0.1, -0.05) is 132 Å². The molecule has 0 fully saturated rings. The van der Waals surface area contributed by atoms with Crippen LogP contribution in [0.25, 0.3) is 0 Å². The number of aliphatic carboxylic acids is 1. The number of hydrogen-bond donors (Lipinski definition) is 7. The molecule has 0 unspecified atom stereocenters. The molecule has 0 bridgehead atoms. The Morgan fingerprint density at radius 3 is 0.683 bits per heavy atom. The average Bonchev–Trinajstić information content (AvgIpc) is 0.796. The van der Waals surface area contributed by atoms with Crippen LogP contribution in [0.3, 0.4) is 0 Å². The molecular weight excluding hydrogens is 1370 g/mol. The van der Waals surface area contributed by atoms with Crippen LogP contribution in [0.15, 0.2) is 146 Å². The molecule has 9 rings (SSSR count). The van der Waals surface area contributed by atoms with E-state index in [0.29, 0.717) is 30.5 Å². The van der Waals surface area contributed by atoms with Crippen molar-refractivity contribution in [3.05, 3.63) is 262 Å². The standard InChI is InChI=1S/C54H58O12.C25H26O5.C4H8Cl2O2/c1-31-19-41(20-32(2)51(31)57)49(42-21-33(3)52(58)34(4)22-42)39-9-13-45(14-10-39)63-27-47(55)65-29-61-17-18-62-30-66-48(56)28-64-46-15-11-40(12-16-46)50(43-23-35(5)53(59)36(6)24-43)44-25-37(7)54(60)38(8)26-44;1-14-9-19(10-15(2)24(14)28)23(20-11-16(3)25(29)17(4)12-20)18-5-7-21(8-6-18)30-13-22(26)27;5-3-7-1-2-8-4-6/h9-16,19-26,49-50,57-60H,17-18,27-30H2,1-8H3;5-12,23,28-29H,13H2,1-4H3,(H,26,27);1-4H2. The molecule has 0 saturated carbocycles. The lowest BCUT2D eigenvalue weighted by Gasteiger charge is -2.22. The van der Waals surface area contributed by atoms with Gasteiger partial charge in [-0.2, -0.15) is 0 Å². The van der Waals surface area contributed by atoms with Crippen LogP contribution in [-0.4, -0.2) is 126 Å². The highest BCUT2D eigenvalue weighted by molar-refractivity contribution is 6.17. The molecule has 0 heterocycles. The first kappa shape index (κ1) is 81.3. The fourth-order valence-electron chi connectivity index (χ4n) is 12.1. The van der Waals surface area contributed by atoms with Crippen LogP contribution in [0.4, 0.5) is 0 Å². The number of rotatable bonds is 30. The van der Waals surface area contributed by atoms with Gasteiger partial charge < -0.3 is 78.4 Å². The molecule has 104 heavy (non-hydrogen) atoms. The van der Waals surface area contributed by atoms with Gasteiger partial charge in [-0.3, -0.25) is 0 Å². The van der Waals surface area contributed by atoms with Gasteiger partial charge in [0.05, 0.1) is 26.4 Å². The molecule has 21 heteroatoms. The minimum atomic E-state index is -1.03. The number of ether oxygens (including phenoxy) is 9. The summed E-state index contributed by atoms with van der Waals surface area (Å²) in [5, 5.41) is 71.0. The second-order valence-corrected chi connectivity index (χ2v) is 25.8. The zero-order valence-electron chi connectivity index (χ0n) is 60.7. The Morgan fingerprint density at radius 1 is 0.298 bits per heavy atom. The molecule has 552 valence electrons. The second kappa shape index (κ2) is 39.0. The number of phenols is 6. The minimum absolute atomic E-state index is 0.0743. The number of carbonyl (C=O) groups excluding carboxylic acids is 2. The number of benzene rings is 9. The summed E-state index contributed by atoms with van der Waals surface area (Å²) >= 11 is 10.3. The Hall–Kier alpha value is -9.99. The summed E-state index contributed by atoms with van der Waals surface area (Å²) in [6.07, 6.45) is 0. The first-order valence-corrected chi connectivity index (χ1v) is 34.6. The summed E-state index contributed by atoms with van der Waals surface area (Å²) in [6.45, 7) is 21.9. The van der Waals surface area contributed by atoms with E-state index in [2.05, 4.69) is 0 Å². The van der Waals surface area contributed by atoms with Crippen molar-refractivity contribution in [2.45, 2.75) is 101 Å². The number of phenolic OH excluding ortho intramolecular Hbond substituents is 6. The average molecular weight is 1460 g/mol. The van der Waals surface area contributed by atoms with Gasteiger partial charge in [0.15, 0.2) is 33.4 Å². The second-order valence-electron chi connectivity index (χ2n) is 25.4. The van der Waals surface area contributed by atoms with Gasteiger partial charge in [-0.25, -0.2) is 14.4 Å². The molecule has 9 aromatic carbocycles. The maximum Gasteiger partial charge on any atom is 0.346 e. The third-order valence-electron chi connectivity index (χ3n) is 17.3. The Labute approximate surface area is 617 Å². The third kappa shape index (κ3) is 22.8. The van der Waals surface area contributed by atoms with Crippen LogP contribution >= 0.6 is 23.2 Å². The van der Waals surface area contributed by atoms with Gasteiger partial charge in [-0.15, -0.1) is 0 Å². The molecule has 0 spiro atoms. The number of aryl methyl sites for hydroxylation is 12. The summed E-state index contributed by atoms with van der Waals surface area (Å²) in [4.78, 5) is 35.5. The lowest BCUT2D eigenvalue weighted by Crippen LogP contribution is -2.19. The third-order valence-corrected chi connectivity index (χ3v) is 17.6. The SMILES string of the molecule is Cc1cc(C(c2ccc(OCC(=O)O)cc2)c2cc(C)c(O)c(C)c2)cc(C)c1O.Cc1cc(C(c2ccc(OCC(=O)OCOCCOCOC(=O)COc3ccc(C(c4cc(C)c(O)c(C)c4)c4cc(C)c(O)c(C)c4)cc3)cc2)c2cc(C)c(O)c(C)c2)cc(C)c1O.ClCOCCOCCl. The highest BCUT2D eigenvalue weighted by atomic mass is 35.5. The minimum Gasteiger partial charge on any atom is -0.507 e. The number of aromatic hydroxyl groups is 6. The number of carboxylic acid groups (broad SMARTS) is 1. The predicted molar refractivity (Wildman–Crippen MR) is 399 cm³/mol. The van der Waals surface area contributed by atoms with E-state index in [1.807, 2.05) is 192 Å².